The number of carbonyl (C=O) groups is 1. The van der Waals surface area contributed by atoms with Gasteiger partial charge in [-0.05, 0) is 17.7 Å². The molecule has 0 N–H and O–H groups in total. The fourth-order valence-corrected chi connectivity index (χ4v) is 2.54. The van der Waals surface area contributed by atoms with Crippen molar-refractivity contribution in [3.05, 3.63) is 34.9 Å². The third-order valence-electron chi connectivity index (χ3n) is 3.58. The first-order valence-corrected chi connectivity index (χ1v) is 5.72. The quantitative estimate of drug-likeness (QED) is 0.765. The Kier molecular flexibility index (Phi) is 2.18. The van der Waals surface area contributed by atoms with Gasteiger partial charge in [-0.25, -0.2) is 8.78 Å². The highest BCUT2D eigenvalue weighted by Gasteiger charge is 2.50. The zero-order valence-corrected chi connectivity index (χ0v) is 9.49. The standard InChI is InChI=1S/C13H10F2N2O/c14-13(15)4-10(5-13)17-7-9-2-1-8(6-16)3-11(9)12(17)18/h1-3,10H,4-5,7H2. The van der Waals surface area contributed by atoms with E-state index in [9.17, 15) is 13.6 Å². The lowest BCUT2D eigenvalue weighted by atomic mass is 9.87. The zero-order valence-electron chi connectivity index (χ0n) is 9.49. The zero-order chi connectivity index (χ0) is 12.9. The van der Waals surface area contributed by atoms with Crippen LogP contribution in [0.25, 0.3) is 0 Å². The molecule has 3 rings (SSSR count). The van der Waals surface area contributed by atoms with E-state index >= 15 is 0 Å². The molecule has 1 amide bonds. The Balaban J connectivity index is 1.84. The van der Waals surface area contributed by atoms with E-state index in [0.29, 0.717) is 17.7 Å². The second kappa shape index (κ2) is 3.52. The predicted octanol–water partition coefficient (Wildman–Crippen LogP) is 2.31. The van der Waals surface area contributed by atoms with Crippen LogP contribution in [0.1, 0.15) is 34.3 Å². The Morgan fingerprint density at radius 3 is 2.72 bits per heavy atom. The van der Waals surface area contributed by atoms with Crippen molar-refractivity contribution in [1.82, 2.24) is 4.90 Å². The topological polar surface area (TPSA) is 44.1 Å². The van der Waals surface area contributed by atoms with Gasteiger partial charge in [0, 0.05) is 31.0 Å². The van der Waals surface area contributed by atoms with E-state index in [1.54, 1.807) is 12.1 Å². The summed E-state index contributed by atoms with van der Waals surface area (Å²) >= 11 is 0. The summed E-state index contributed by atoms with van der Waals surface area (Å²) in [5.74, 6) is -2.86. The monoisotopic (exact) mass is 248 g/mol. The highest BCUT2D eigenvalue weighted by atomic mass is 19.3. The number of nitriles is 1. The molecule has 1 aliphatic heterocycles. The average Bonchev–Trinajstić information content (AvgIpc) is 2.63. The van der Waals surface area contributed by atoms with Crippen molar-refractivity contribution < 1.29 is 13.6 Å². The molecule has 0 aromatic heterocycles. The van der Waals surface area contributed by atoms with Gasteiger partial charge in [0.25, 0.3) is 11.8 Å². The minimum atomic E-state index is -2.63. The second-order valence-corrected chi connectivity index (χ2v) is 4.83. The van der Waals surface area contributed by atoms with Gasteiger partial charge in [0.05, 0.1) is 11.6 Å². The Morgan fingerprint density at radius 2 is 2.11 bits per heavy atom. The van der Waals surface area contributed by atoms with Crippen LogP contribution in [-0.2, 0) is 6.54 Å². The van der Waals surface area contributed by atoms with E-state index in [4.69, 9.17) is 5.26 Å². The molecule has 1 aliphatic carbocycles. The van der Waals surface area contributed by atoms with E-state index in [1.807, 2.05) is 6.07 Å². The summed E-state index contributed by atoms with van der Waals surface area (Å²) < 4.78 is 25.7. The van der Waals surface area contributed by atoms with E-state index in [1.165, 1.54) is 11.0 Å². The van der Waals surface area contributed by atoms with Crippen LogP contribution in [0.3, 0.4) is 0 Å². The highest BCUT2D eigenvalue weighted by molar-refractivity contribution is 5.99. The minimum absolute atomic E-state index is 0.234. The fourth-order valence-electron chi connectivity index (χ4n) is 2.54. The summed E-state index contributed by atoms with van der Waals surface area (Å²) in [6.45, 7) is 0.376. The number of carbonyl (C=O) groups excluding carboxylic acids is 1. The predicted molar refractivity (Wildman–Crippen MR) is 59.0 cm³/mol. The van der Waals surface area contributed by atoms with Crippen LogP contribution >= 0.6 is 0 Å². The summed E-state index contributed by atoms with van der Waals surface area (Å²) in [7, 11) is 0. The summed E-state index contributed by atoms with van der Waals surface area (Å²) in [5, 5.41) is 8.78. The SMILES string of the molecule is N#Cc1ccc2c(c1)C(=O)N(C1CC(F)(F)C1)C2. The van der Waals surface area contributed by atoms with Crippen molar-refractivity contribution in [2.45, 2.75) is 31.4 Å². The van der Waals surface area contributed by atoms with Gasteiger partial charge in [0.15, 0.2) is 0 Å². The lowest BCUT2D eigenvalue weighted by molar-refractivity contribution is -0.116. The number of halogens is 2. The van der Waals surface area contributed by atoms with Crippen LogP contribution < -0.4 is 0 Å². The molecule has 1 saturated carbocycles. The molecule has 2 aliphatic rings. The van der Waals surface area contributed by atoms with Crippen molar-refractivity contribution >= 4 is 5.91 Å². The van der Waals surface area contributed by atoms with Crippen molar-refractivity contribution in [2.75, 3.05) is 0 Å². The lowest BCUT2D eigenvalue weighted by Crippen LogP contribution is -2.50. The molecule has 1 aromatic rings. The maximum absolute atomic E-state index is 12.8. The molecule has 0 unspecified atom stereocenters. The summed E-state index contributed by atoms with van der Waals surface area (Å²) in [6, 6.07) is 6.51. The molecule has 5 heteroatoms. The van der Waals surface area contributed by atoms with Crippen LogP contribution in [0, 0.1) is 11.3 Å². The molecule has 0 bridgehead atoms. The molecular weight excluding hydrogens is 238 g/mol. The Hall–Kier alpha value is -1.96. The Labute approximate surface area is 103 Å². The van der Waals surface area contributed by atoms with Gasteiger partial charge in [-0.3, -0.25) is 4.79 Å². The summed E-state index contributed by atoms with van der Waals surface area (Å²) in [4.78, 5) is 13.6. The average molecular weight is 248 g/mol. The van der Waals surface area contributed by atoms with Gasteiger partial charge in [-0.2, -0.15) is 5.26 Å². The van der Waals surface area contributed by atoms with E-state index in [-0.39, 0.29) is 24.8 Å². The van der Waals surface area contributed by atoms with E-state index in [2.05, 4.69) is 0 Å². The van der Waals surface area contributed by atoms with Gasteiger partial charge in [0.1, 0.15) is 0 Å². The number of nitrogens with zero attached hydrogens (tertiary/aromatic N) is 2. The maximum atomic E-state index is 12.8. The molecule has 3 nitrogen and oxygen atoms in total. The maximum Gasteiger partial charge on any atom is 0.254 e. The minimum Gasteiger partial charge on any atom is -0.331 e. The molecule has 1 heterocycles. The van der Waals surface area contributed by atoms with Crippen molar-refractivity contribution in [3.8, 4) is 6.07 Å². The third kappa shape index (κ3) is 1.57. The van der Waals surface area contributed by atoms with Crippen LogP contribution in [0.5, 0.6) is 0 Å². The van der Waals surface area contributed by atoms with Crippen LogP contribution in [-0.4, -0.2) is 22.8 Å². The Bertz CT molecular complexity index is 569. The summed E-state index contributed by atoms with van der Waals surface area (Å²) in [5.41, 5.74) is 1.71. The molecule has 0 saturated heterocycles. The normalized spacial score (nSPS) is 21.4. The van der Waals surface area contributed by atoms with Gasteiger partial charge < -0.3 is 4.90 Å². The van der Waals surface area contributed by atoms with Gasteiger partial charge >= 0.3 is 0 Å². The third-order valence-corrected chi connectivity index (χ3v) is 3.58. The largest absolute Gasteiger partial charge is 0.331 e. The molecule has 92 valence electrons. The number of rotatable bonds is 1. The molecular formula is C13H10F2N2O. The molecule has 1 aromatic carbocycles. The molecule has 1 fully saturated rings. The molecule has 0 atom stereocenters. The number of benzene rings is 1. The first-order valence-electron chi connectivity index (χ1n) is 5.72. The van der Waals surface area contributed by atoms with E-state index < -0.39 is 5.92 Å². The van der Waals surface area contributed by atoms with Crippen molar-refractivity contribution in [3.63, 3.8) is 0 Å². The van der Waals surface area contributed by atoms with Crippen molar-refractivity contribution in [2.24, 2.45) is 0 Å². The first kappa shape index (κ1) is 11.1. The van der Waals surface area contributed by atoms with Crippen LogP contribution in [0.4, 0.5) is 8.78 Å². The lowest BCUT2D eigenvalue weighted by Gasteiger charge is -2.40. The van der Waals surface area contributed by atoms with Crippen LogP contribution in [0.15, 0.2) is 18.2 Å². The number of fused-ring (bicyclic) bond motifs is 1. The first-order chi connectivity index (χ1) is 8.50. The molecule has 18 heavy (non-hydrogen) atoms. The number of hydrogen-bond donors (Lipinski definition) is 0. The highest BCUT2D eigenvalue weighted by Crippen LogP contribution is 2.43. The summed E-state index contributed by atoms with van der Waals surface area (Å²) in [6.07, 6.45) is -0.504. The van der Waals surface area contributed by atoms with E-state index in [0.717, 1.165) is 5.56 Å². The Morgan fingerprint density at radius 1 is 1.39 bits per heavy atom. The second-order valence-electron chi connectivity index (χ2n) is 4.83. The van der Waals surface area contributed by atoms with Gasteiger partial charge in [0.2, 0.25) is 0 Å². The number of alkyl halides is 2. The molecule has 0 spiro atoms. The van der Waals surface area contributed by atoms with Crippen molar-refractivity contribution in [1.29, 1.82) is 5.26 Å². The smallest absolute Gasteiger partial charge is 0.254 e. The number of amides is 1. The van der Waals surface area contributed by atoms with Gasteiger partial charge in [-0.1, -0.05) is 6.07 Å². The van der Waals surface area contributed by atoms with Gasteiger partial charge in [-0.15, -0.1) is 0 Å². The number of hydrogen-bond acceptors (Lipinski definition) is 2. The molecule has 0 radical (unpaired) electrons. The fraction of sp³-hybridized carbons (Fsp3) is 0.385. The van der Waals surface area contributed by atoms with Crippen LogP contribution in [0.2, 0.25) is 0 Å².